The summed E-state index contributed by atoms with van der Waals surface area (Å²) in [6, 6.07) is 0. The van der Waals surface area contributed by atoms with Gasteiger partial charge in [-0.1, -0.05) is 13.8 Å². The fraction of sp³-hybridized carbons (Fsp3) is 0.650. The van der Waals surface area contributed by atoms with Gasteiger partial charge in [-0.05, 0) is 45.4 Å². The normalized spacial score (nSPS) is 28.8. The van der Waals surface area contributed by atoms with Gasteiger partial charge in [-0.25, -0.2) is 4.79 Å². The van der Waals surface area contributed by atoms with Crippen LogP contribution in [-0.4, -0.2) is 30.7 Å². The van der Waals surface area contributed by atoms with Crippen LogP contribution in [0.3, 0.4) is 0 Å². The fourth-order valence-electron chi connectivity index (χ4n) is 4.44. The molecule has 3 heterocycles. The second kappa shape index (κ2) is 7.89. The predicted octanol–water partition coefficient (Wildman–Crippen LogP) is 4.13. The highest BCUT2D eigenvalue weighted by molar-refractivity contribution is 7.17. The molecule has 1 aromatic heterocycles. The van der Waals surface area contributed by atoms with Crippen molar-refractivity contribution in [1.29, 1.82) is 0 Å². The Kier molecular flexibility index (Phi) is 5.93. The number of ether oxygens (including phenoxy) is 3. The van der Waals surface area contributed by atoms with E-state index in [0.717, 1.165) is 36.1 Å². The molecule has 1 aliphatic carbocycles. The molecule has 0 spiro atoms. The van der Waals surface area contributed by atoms with Crippen molar-refractivity contribution in [3.05, 3.63) is 23.4 Å². The van der Waals surface area contributed by atoms with Gasteiger partial charge in [0.2, 0.25) is 0 Å². The summed E-state index contributed by atoms with van der Waals surface area (Å²) < 4.78 is 16.8. The van der Waals surface area contributed by atoms with Crippen LogP contribution in [0.4, 0.5) is 5.00 Å². The number of esters is 1. The third-order valence-corrected chi connectivity index (χ3v) is 6.82. The van der Waals surface area contributed by atoms with Crippen molar-refractivity contribution in [3.63, 3.8) is 0 Å². The highest BCUT2D eigenvalue weighted by Crippen LogP contribution is 2.46. The lowest BCUT2D eigenvalue weighted by Gasteiger charge is -2.43. The average molecular weight is 394 g/mol. The molecule has 27 heavy (non-hydrogen) atoms. The van der Waals surface area contributed by atoms with Crippen molar-refractivity contribution < 1.29 is 23.8 Å². The van der Waals surface area contributed by atoms with Gasteiger partial charge in [0.15, 0.2) is 0 Å². The molecule has 1 saturated carbocycles. The maximum Gasteiger partial charge on any atom is 0.341 e. The maximum atomic E-state index is 13.1. The van der Waals surface area contributed by atoms with E-state index >= 15 is 0 Å². The van der Waals surface area contributed by atoms with Gasteiger partial charge in [0.1, 0.15) is 16.2 Å². The zero-order chi connectivity index (χ0) is 18.3. The van der Waals surface area contributed by atoms with E-state index in [1.165, 1.54) is 17.8 Å². The van der Waals surface area contributed by atoms with Crippen molar-refractivity contribution in [2.24, 2.45) is 5.92 Å². The molecule has 3 unspecified atom stereocenters. The van der Waals surface area contributed by atoms with Gasteiger partial charge in [-0.15, -0.1) is 11.3 Å². The first-order chi connectivity index (χ1) is 12.5. The number of amides is 1. The molecule has 1 aromatic rings. The Morgan fingerprint density at radius 3 is 2.96 bits per heavy atom. The third kappa shape index (κ3) is 3.52. The van der Waals surface area contributed by atoms with E-state index in [-0.39, 0.29) is 19.4 Å². The minimum absolute atomic E-state index is 0. The van der Waals surface area contributed by atoms with E-state index in [2.05, 4.69) is 5.32 Å². The quantitative estimate of drug-likeness (QED) is 0.779. The predicted molar refractivity (Wildman–Crippen MR) is 103 cm³/mol. The van der Waals surface area contributed by atoms with Gasteiger partial charge in [0.05, 0.1) is 19.3 Å². The zero-order valence-electron chi connectivity index (χ0n) is 16.0. The van der Waals surface area contributed by atoms with Crippen molar-refractivity contribution in [2.75, 3.05) is 18.5 Å². The highest BCUT2D eigenvalue weighted by atomic mass is 32.1. The van der Waals surface area contributed by atoms with E-state index in [9.17, 15) is 9.59 Å². The summed E-state index contributed by atoms with van der Waals surface area (Å²) >= 11 is 1.41. The summed E-state index contributed by atoms with van der Waals surface area (Å²) in [5, 5.41) is 3.58. The van der Waals surface area contributed by atoms with Crippen molar-refractivity contribution in [1.82, 2.24) is 0 Å². The van der Waals surface area contributed by atoms with Gasteiger partial charge in [-0.3, -0.25) is 4.79 Å². The number of fused-ring (bicyclic) bond motifs is 3. The molecule has 1 saturated heterocycles. The zero-order valence-corrected chi connectivity index (χ0v) is 16.8. The second-order valence-electron chi connectivity index (χ2n) is 7.36. The third-order valence-electron chi connectivity index (χ3n) is 5.73. The summed E-state index contributed by atoms with van der Waals surface area (Å²) in [4.78, 5) is 26.7. The van der Waals surface area contributed by atoms with Crippen molar-refractivity contribution in [3.8, 4) is 0 Å². The molecule has 3 atom stereocenters. The van der Waals surface area contributed by atoms with Crippen LogP contribution in [0.15, 0.2) is 0 Å². The van der Waals surface area contributed by atoms with Gasteiger partial charge >= 0.3 is 5.97 Å². The van der Waals surface area contributed by atoms with Gasteiger partial charge in [0.25, 0.3) is 5.91 Å². The smallest absolute Gasteiger partial charge is 0.341 e. The number of carbonyl (C=O) groups excluding carboxylic acids is 2. The minimum Gasteiger partial charge on any atom is -0.462 e. The molecular weight excluding hydrogens is 366 g/mol. The van der Waals surface area contributed by atoms with Crippen LogP contribution in [0, 0.1) is 13.3 Å². The lowest BCUT2D eigenvalue weighted by Crippen LogP contribution is -2.51. The first-order valence-electron chi connectivity index (χ1n) is 9.44. The van der Waals surface area contributed by atoms with Gasteiger partial charge < -0.3 is 19.5 Å². The number of hydrogen-bond acceptors (Lipinski definition) is 6. The van der Waals surface area contributed by atoms with Crippen LogP contribution in [-0.2, 0) is 25.6 Å². The standard InChI is InChI=1S/C19H25NO5S.CH2/c1-3-23-17(21)15-14-11(2)24-10-13(14)26-16(15)20-18(22)19-7-4-5-12(9-19)6-8-25-19;/h11-12H,3-10H2,1-2H3,(H,20,22);1H2. The van der Waals surface area contributed by atoms with E-state index in [4.69, 9.17) is 14.2 Å². The van der Waals surface area contributed by atoms with Crippen molar-refractivity contribution >= 4 is 28.2 Å². The molecule has 1 N–H and O–H groups in total. The highest BCUT2D eigenvalue weighted by Gasteiger charge is 2.47. The number of anilines is 1. The van der Waals surface area contributed by atoms with Crippen molar-refractivity contribution in [2.45, 2.75) is 64.3 Å². The first-order valence-corrected chi connectivity index (χ1v) is 10.3. The van der Waals surface area contributed by atoms with Crippen LogP contribution >= 0.6 is 11.3 Å². The number of carbonyl (C=O) groups is 2. The monoisotopic (exact) mass is 393 g/mol. The number of hydrogen-bond donors (Lipinski definition) is 1. The summed E-state index contributed by atoms with van der Waals surface area (Å²) in [7, 11) is 0. The molecule has 6 nitrogen and oxygen atoms in total. The van der Waals surface area contributed by atoms with Crippen LogP contribution in [0.25, 0.3) is 0 Å². The second-order valence-corrected chi connectivity index (χ2v) is 8.47. The Bertz CT molecular complexity index is 718. The summed E-state index contributed by atoms with van der Waals surface area (Å²) in [5.41, 5.74) is 0.556. The van der Waals surface area contributed by atoms with Gasteiger partial charge in [0, 0.05) is 17.0 Å². The Hall–Kier alpha value is -1.44. The Labute approximate surface area is 164 Å². The van der Waals surface area contributed by atoms with Crippen LogP contribution in [0.5, 0.6) is 0 Å². The van der Waals surface area contributed by atoms with E-state index in [1.54, 1.807) is 6.92 Å². The van der Waals surface area contributed by atoms with Crippen LogP contribution in [0.2, 0.25) is 0 Å². The molecule has 0 aromatic carbocycles. The molecule has 7 heteroatoms. The largest absolute Gasteiger partial charge is 0.462 e. The Morgan fingerprint density at radius 2 is 2.19 bits per heavy atom. The van der Waals surface area contributed by atoms with E-state index < -0.39 is 11.6 Å². The summed E-state index contributed by atoms with van der Waals surface area (Å²) in [5.74, 6) is 0.0386. The Balaban J connectivity index is 0.00000210. The maximum absolute atomic E-state index is 13.1. The van der Waals surface area contributed by atoms with Crippen LogP contribution in [0.1, 0.15) is 72.9 Å². The number of nitrogens with one attached hydrogen (secondary N) is 1. The molecule has 2 bridgehead atoms. The molecule has 4 rings (SSSR count). The Morgan fingerprint density at radius 1 is 1.37 bits per heavy atom. The summed E-state index contributed by atoms with van der Waals surface area (Å²) in [6.07, 6.45) is 4.57. The molecular formula is C20H27NO5S. The molecule has 2 fully saturated rings. The van der Waals surface area contributed by atoms with Gasteiger partial charge in [-0.2, -0.15) is 0 Å². The number of rotatable bonds is 4. The molecule has 148 valence electrons. The summed E-state index contributed by atoms with van der Waals surface area (Å²) in [6.45, 7) is 5.09. The van der Waals surface area contributed by atoms with E-state index in [1.807, 2.05) is 6.92 Å². The molecule has 2 radical (unpaired) electrons. The molecule has 1 amide bonds. The molecule has 3 aliphatic rings. The topological polar surface area (TPSA) is 73.9 Å². The first kappa shape index (κ1) is 20.3. The molecule has 2 aliphatic heterocycles. The number of thiophene rings is 1. The average Bonchev–Trinajstić information content (AvgIpc) is 3.14. The minimum atomic E-state index is -0.746. The fourth-order valence-corrected chi connectivity index (χ4v) is 5.63. The SMILES string of the molecule is CCOC(=O)c1c(NC(=O)C23CCCC(CCO2)C3)sc2c1C(C)OC2.[CH2]. The van der Waals surface area contributed by atoms with E-state index in [0.29, 0.717) is 36.3 Å². The lowest BCUT2D eigenvalue weighted by atomic mass is 9.74. The lowest BCUT2D eigenvalue weighted by molar-refractivity contribution is -0.159. The van der Waals surface area contributed by atoms with Crippen LogP contribution < -0.4 is 5.32 Å².